The Morgan fingerprint density at radius 3 is 2.50 bits per heavy atom. The average Bonchev–Trinajstić information content (AvgIpc) is 2.83. The summed E-state index contributed by atoms with van der Waals surface area (Å²) in [6.07, 6.45) is 7.83. The number of amides is 2. The number of imidazole rings is 1. The lowest BCUT2D eigenvalue weighted by Crippen LogP contribution is -2.46. The zero-order valence-corrected chi connectivity index (χ0v) is 16.5. The molecule has 0 bridgehead atoms. The van der Waals surface area contributed by atoms with Crippen molar-refractivity contribution in [2.24, 2.45) is 7.05 Å². The number of urea groups is 1. The molecular weight excluding hydrogens is 354 g/mol. The predicted molar refractivity (Wildman–Crippen MR) is 98.3 cm³/mol. The minimum absolute atomic E-state index is 0.0650. The first-order valence-corrected chi connectivity index (χ1v) is 10.9. The Hall–Kier alpha value is -1.61. The van der Waals surface area contributed by atoms with Crippen LogP contribution in [0.3, 0.4) is 0 Å². The fourth-order valence-electron chi connectivity index (χ4n) is 3.63. The van der Waals surface area contributed by atoms with E-state index >= 15 is 0 Å². The molecule has 8 nitrogen and oxygen atoms in total. The van der Waals surface area contributed by atoms with Gasteiger partial charge in [0.1, 0.15) is 5.82 Å². The lowest BCUT2D eigenvalue weighted by molar-refractivity contribution is 0.192. The molecule has 0 unspecified atom stereocenters. The lowest BCUT2D eigenvalue weighted by atomic mass is 9.96. The summed E-state index contributed by atoms with van der Waals surface area (Å²) in [6, 6.07) is 0.195. The Morgan fingerprint density at radius 1 is 1.12 bits per heavy atom. The number of aryl methyl sites for hydroxylation is 2. The van der Waals surface area contributed by atoms with E-state index in [-0.39, 0.29) is 17.1 Å². The van der Waals surface area contributed by atoms with Crippen LogP contribution in [-0.4, -0.2) is 65.4 Å². The third kappa shape index (κ3) is 4.20. The Bertz CT molecular complexity index is 720. The van der Waals surface area contributed by atoms with Crippen LogP contribution in [0.15, 0.2) is 11.2 Å². The summed E-state index contributed by atoms with van der Waals surface area (Å²) in [5.74, 6) is 0.659. The van der Waals surface area contributed by atoms with E-state index in [9.17, 15) is 13.2 Å². The summed E-state index contributed by atoms with van der Waals surface area (Å²) < 4.78 is 28.8. The molecule has 3 rings (SSSR count). The normalized spacial score (nSPS) is 20.8. The molecule has 9 heteroatoms. The van der Waals surface area contributed by atoms with Crippen LogP contribution in [0.4, 0.5) is 4.79 Å². The second kappa shape index (κ2) is 7.96. The van der Waals surface area contributed by atoms with Crippen LogP contribution in [0.2, 0.25) is 0 Å². The number of sulfonamides is 1. The first-order valence-electron chi connectivity index (χ1n) is 9.43. The zero-order valence-electron chi connectivity index (χ0n) is 15.6. The number of nitrogens with one attached hydrogen (secondary N) is 1. The SMILES string of the molecule is Cc1nc(S(=O)(=O)N2CCCN(C(=O)NC3CCCCC3)CC2)cn1C. The highest BCUT2D eigenvalue weighted by atomic mass is 32.2. The number of nitrogens with zero attached hydrogens (tertiary/aromatic N) is 4. The molecule has 1 aromatic rings. The van der Waals surface area contributed by atoms with Crippen molar-refractivity contribution >= 4 is 16.1 Å². The standard InChI is InChI=1S/C17H29N5O3S/c1-14-18-16(13-20(14)2)26(24,25)22-10-6-9-21(11-12-22)17(23)19-15-7-4-3-5-8-15/h13,15H,3-12H2,1-2H3,(H,19,23). The summed E-state index contributed by atoms with van der Waals surface area (Å²) in [5, 5.41) is 3.20. The number of carbonyl (C=O) groups excluding carboxylic acids is 1. The predicted octanol–water partition coefficient (Wildman–Crippen LogP) is 1.47. The van der Waals surface area contributed by atoms with Crippen LogP contribution < -0.4 is 5.32 Å². The number of aromatic nitrogens is 2. The Morgan fingerprint density at radius 2 is 1.85 bits per heavy atom. The van der Waals surface area contributed by atoms with Gasteiger partial charge in [-0.1, -0.05) is 19.3 Å². The summed E-state index contributed by atoms with van der Waals surface area (Å²) in [7, 11) is -1.84. The monoisotopic (exact) mass is 383 g/mol. The molecule has 1 saturated carbocycles. The van der Waals surface area contributed by atoms with Crippen molar-refractivity contribution in [1.82, 2.24) is 24.1 Å². The van der Waals surface area contributed by atoms with Crippen molar-refractivity contribution in [3.05, 3.63) is 12.0 Å². The molecule has 2 fully saturated rings. The van der Waals surface area contributed by atoms with E-state index in [1.807, 2.05) is 0 Å². The van der Waals surface area contributed by atoms with Crippen molar-refractivity contribution in [3.8, 4) is 0 Å². The molecule has 1 aromatic heterocycles. The maximum absolute atomic E-state index is 12.8. The maximum atomic E-state index is 12.8. The summed E-state index contributed by atoms with van der Waals surface area (Å²) >= 11 is 0. The van der Waals surface area contributed by atoms with Gasteiger partial charge in [0.2, 0.25) is 0 Å². The summed E-state index contributed by atoms with van der Waals surface area (Å²) in [5.41, 5.74) is 0. The second-order valence-corrected chi connectivity index (χ2v) is 9.15. The van der Waals surface area contributed by atoms with Gasteiger partial charge in [0, 0.05) is 45.5 Å². The van der Waals surface area contributed by atoms with Crippen molar-refractivity contribution in [2.45, 2.75) is 56.5 Å². The molecule has 1 saturated heterocycles. The van der Waals surface area contributed by atoms with Crippen molar-refractivity contribution in [3.63, 3.8) is 0 Å². The smallest absolute Gasteiger partial charge is 0.317 e. The van der Waals surface area contributed by atoms with Crippen molar-refractivity contribution in [1.29, 1.82) is 0 Å². The van der Waals surface area contributed by atoms with Gasteiger partial charge in [0.15, 0.2) is 5.03 Å². The van der Waals surface area contributed by atoms with E-state index in [0.29, 0.717) is 38.4 Å². The average molecular weight is 384 g/mol. The van der Waals surface area contributed by atoms with Gasteiger partial charge < -0.3 is 14.8 Å². The molecule has 2 heterocycles. The van der Waals surface area contributed by atoms with Gasteiger partial charge in [-0.15, -0.1) is 0 Å². The van der Waals surface area contributed by atoms with Crippen molar-refractivity contribution in [2.75, 3.05) is 26.2 Å². The van der Waals surface area contributed by atoms with Gasteiger partial charge in [0.05, 0.1) is 0 Å². The fraction of sp³-hybridized carbons (Fsp3) is 0.765. The first-order chi connectivity index (χ1) is 12.4. The minimum Gasteiger partial charge on any atom is -0.337 e. The second-order valence-electron chi connectivity index (χ2n) is 7.27. The molecule has 1 aliphatic carbocycles. The molecule has 0 aromatic carbocycles. The lowest BCUT2D eigenvalue weighted by Gasteiger charge is -2.27. The highest BCUT2D eigenvalue weighted by Crippen LogP contribution is 2.19. The van der Waals surface area contributed by atoms with E-state index in [1.165, 1.54) is 23.6 Å². The topological polar surface area (TPSA) is 87.5 Å². The van der Waals surface area contributed by atoms with Gasteiger partial charge >= 0.3 is 6.03 Å². The molecule has 2 aliphatic rings. The third-order valence-corrected chi connectivity index (χ3v) is 7.14. The van der Waals surface area contributed by atoms with Gasteiger partial charge in [-0.2, -0.15) is 4.31 Å². The van der Waals surface area contributed by atoms with Crippen LogP contribution in [0.25, 0.3) is 0 Å². The summed E-state index contributed by atoms with van der Waals surface area (Å²) in [4.78, 5) is 18.4. The molecule has 26 heavy (non-hydrogen) atoms. The van der Waals surface area contributed by atoms with Gasteiger partial charge in [-0.25, -0.2) is 18.2 Å². The number of rotatable bonds is 3. The molecule has 0 atom stereocenters. The zero-order chi connectivity index (χ0) is 18.7. The maximum Gasteiger partial charge on any atom is 0.317 e. The molecule has 2 amide bonds. The highest BCUT2D eigenvalue weighted by Gasteiger charge is 2.30. The van der Waals surface area contributed by atoms with E-state index in [0.717, 1.165) is 12.8 Å². The highest BCUT2D eigenvalue weighted by molar-refractivity contribution is 7.89. The molecule has 0 radical (unpaired) electrons. The van der Waals surface area contributed by atoms with E-state index < -0.39 is 10.0 Å². The molecule has 1 aliphatic heterocycles. The van der Waals surface area contributed by atoms with Crippen LogP contribution in [0.1, 0.15) is 44.3 Å². The summed E-state index contributed by atoms with van der Waals surface area (Å²) in [6.45, 7) is 3.47. The number of hydrogen-bond acceptors (Lipinski definition) is 4. The molecule has 146 valence electrons. The Balaban J connectivity index is 1.61. The largest absolute Gasteiger partial charge is 0.337 e. The molecule has 1 N–H and O–H groups in total. The number of hydrogen-bond donors (Lipinski definition) is 1. The minimum atomic E-state index is -3.62. The Labute approximate surface area is 155 Å². The Kier molecular flexibility index (Phi) is 5.86. The fourth-order valence-corrected chi connectivity index (χ4v) is 5.13. The van der Waals surface area contributed by atoms with Crippen LogP contribution in [0, 0.1) is 6.92 Å². The quantitative estimate of drug-likeness (QED) is 0.856. The van der Waals surface area contributed by atoms with E-state index in [1.54, 1.807) is 29.6 Å². The van der Waals surface area contributed by atoms with Crippen LogP contribution in [0.5, 0.6) is 0 Å². The van der Waals surface area contributed by atoms with Crippen LogP contribution >= 0.6 is 0 Å². The molecular formula is C17H29N5O3S. The third-order valence-electron chi connectivity index (χ3n) is 5.37. The van der Waals surface area contributed by atoms with E-state index in [2.05, 4.69) is 10.3 Å². The van der Waals surface area contributed by atoms with Gasteiger partial charge in [-0.05, 0) is 26.2 Å². The number of carbonyl (C=O) groups is 1. The first kappa shape index (κ1) is 19.2. The van der Waals surface area contributed by atoms with Gasteiger partial charge in [-0.3, -0.25) is 0 Å². The van der Waals surface area contributed by atoms with Crippen LogP contribution in [-0.2, 0) is 17.1 Å². The van der Waals surface area contributed by atoms with Crippen molar-refractivity contribution < 1.29 is 13.2 Å². The van der Waals surface area contributed by atoms with Gasteiger partial charge in [0.25, 0.3) is 10.0 Å². The van der Waals surface area contributed by atoms with E-state index in [4.69, 9.17) is 0 Å². The molecule has 0 spiro atoms.